The van der Waals surface area contributed by atoms with Gasteiger partial charge in [0.25, 0.3) is 0 Å². The lowest BCUT2D eigenvalue weighted by Crippen LogP contribution is -2.15. The first-order chi connectivity index (χ1) is 8.33. The van der Waals surface area contributed by atoms with Crippen LogP contribution in [-0.2, 0) is 0 Å². The molecule has 5 nitrogen and oxygen atoms in total. The van der Waals surface area contributed by atoms with Gasteiger partial charge in [-0.1, -0.05) is 0 Å². The molecule has 0 saturated carbocycles. The topological polar surface area (TPSA) is 70.3 Å². The molecule has 0 spiro atoms. The molecule has 5 heteroatoms. The molecule has 1 aliphatic heterocycles. The standard InChI is InChI=1S/C12H11N3O2/c13-12-6-9(14-7-15-12)8-1-2-10-11(5-8)17-4-3-16-10/h1-2,5-7H,3-4H2,(H2,13,14,15). The van der Waals surface area contributed by atoms with Crippen molar-refractivity contribution in [1.29, 1.82) is 0 Å². The predicted octanol–water partition coefficient (Wildman–Crippen LogP) is 1.50. The Bertz CT molecular complexity index is 557. The number of nitrogen functional groups attached to an aromatic ring is 1. The zero-order valence-electron chi connectivity index (χ0n) is 9.09. The molecule has 0 fully saturated rings. The van der Waals surface area contributed by atoms with Crippen LogP contribution in [0.1, 0.15) is 0 Å². The summed E-state index contributed by atoms with van der Waals surface area (Å²) in [7, 11) is 0. The molecule has 17 heavy (non-hydrogen) atoms. The van der Waals surface area contributed by atoms with E-state index >= 15 is 0 Å². The van der Waals surface area contributed by atoms with Crippen molar-refractivity contribution < 1.29 is 9.47 Å². The van der Waals surface area contributed by atoms with Crippen molar-refractivity contribution >= 4 is 5.82 Å². The van der Waals surface area contributed by atoms with Crippen LogP contribution in [0.5, 0.6) is 11.5 Å². The highest BCUT2D eigenvalue weighted by Gasteiger charge is 2.12. The molecule has 1 aliphatic rings. The smallest absolute Gasteiger partial charge is 0.162 e. The second kappa shape index (κ2) is 3.93. The van der Waals surface area contributed by atoms with Crippen LogP contribution in [0.15, 0.2) is 30.6 Å². The molecular formula is C12H11N3O2. The third-order valence-electron chi connectivity index (χ3n) is 2.53. The van der Waals surface area contributed by atoms with E-state index in [-0.39, 0.29) is 0 Å². The minimum Gasteiger partial charge on any atom is -0.486 e. The minimum absolute atomic E-state index is 0.449. The van der Waals surface area contributed by atoms with Gasteiger partial charge in [0, 0.05) is 11.6 Å². The van der Waals surface area contributed by atoms with E-state index in [0.29, 0.717) is 19.0 Å². The van der Waals surface area contributed by atoms with E-state index in [1.54, 1.807) is 6.07 Å². The van der Waals surface area contributed by atoms with Gasteiger partial charge < -0.3 is 15.2 Å². The van der Waals surface area contributed by atoms with Crippen molar-refractivity contribution in [2.75, 3.05) is 18.9 Å². The van der Waals surface area contributed by atoms with Crippen LogP contribution in [0.4, 0.5) is 5.82 Å². The monoisotopic (exact) mass is 229 g/mol. The molecule has 2 heterocycles. The van der Waals surface area contributed by atoms with Gasteiger partial charge in [-0.2, -0.15) is 0 Å². The summed E-state index contributed by atoms with van der Waals surface area (Å²) in [5.74, 6) is 1.96. The number of fused-ring (bicyclic) bond motifs is 1. The lowest BCUT2D eigenvalue weighted by atomic mass is 10.1. The maximum absolute atomic E-state index is 5.63. The SMILES string of the molecule is Nc1cc(-c2ccc3c(c2)OCCO3)ncn1. The first-order valence-corrected chi connectivity index (χ1v) is 5.30. The molecule has 0 saturated heterocycles. The van der Waals surface area contributed by atoms with Crippen LogP contribution in [-0.4, -0.2) is 23.2 Å². The third kappa shape index (κ3) is 1.87. The number of aromatic nitrogens is 2. The van der Waals surface area contributed by atoms with Crippen LogP contribution in [0.25, 0.3) is 11.3 Å². The van der Waals surface area contributed by atoms with E-state index in [0.717, 1.165) is 22.8 Å². The van der Waals surface area contributed by atoms with Crippen LogP contribution in [0, 0.1) is 0 Å². The average Bonchev–Trinajstić information content (AvgIpc) is 2.38. The summed E-state index contributed by atoms with van der Waals surface area (Å²) >= 11 is 0. The van der Waals surface area contributed by atoms with E-state index in [2.05, 4.69) is 9.97 Å². The lowest BCUT2D eigenvalue weighted by Gasteiger charge is -2.18. The van der Waals surface area contributed by atoms with Gasteiger partial charge in [-0.3, -0.25) is 0 Å². The first kappa shape index (κ1) is 9.89. The maximum atomic E-state index is 5.63. The average molecular weight is 229 g/mol. The maximum Gasteiger partial charge on any atom is 0.162 e. The molecule has 1 aromatic carbocycles. The van der Waals surface area contributed by atoms with Gasteiger partial charge in [0.05, 0.1) is 5.69 Å². The summed E-state index contributed by atoms with van der Waals surface area (Å²) < 4.78 is 11.0. The molecule has 0 aliphatic carbocycles. The fraction of sp³-hybridized carbons (Fsp3) is 0.167. The van der Waals surface area contributed by atoms with Crippen LogP contribution in [0.3, 0.4) is 0 Å². The second-order valence-corrected chi connectivity index (χ2v) is 3.69. The third-order valence-corrected chi connectivity index (χ3v) is 2.53. The molecule has 1 aromatic heterocycles. The highest BCUT2D eigenvalue weighted by atomic mass is 16.6. The van der Waals surface area contributed by atoms with E-state index in [9.17, 15) is 0 Å². The summed E-state index contributed by atoms with van der Waals surface area (Å²) in [6.45, 7) is 1.16. The van der Waals surface area contributed by atoms with Gasteiger partial charge in [0.2, 0.25) is 0 Å². The molecule has 2 aromatic rings. The molecule has 86 valence electrons. The molecule has 0 unspecified atom stereocenters. The molecule has 3 rings (SSSR count). The predicted molar refractivity (Wildman–Crippen MR) is 62.9 cm³/mol. The van der Waals surface area contributed by atoms with Crippen LogP contribution < -0.4 is 15.2 Å². The summed E-state index contributed by atoms with van der Waals surface area (Å²) in [4.78, 5) is 8.03. The largest absolute Gasteiger partial charge is 0.486 e. The van der Waals surface area contributed by atoms with Gasteiger partial charge in [-0.25, -0.2) is 9.97 Å². The Morgan fingerprint density at radius 1 is 1.00 bits per heavy atom. The Morgan fingerprint density at radius 2 is 1.82 bits per heavy atom. The number of nitrogens with zero attached hydrogens (tertiary/aromatic N) is 2. The normalized spacial score (nSPS) is 13.4. The van der Waals surface area contributed by atoms with Crippen LogP contribution in [0.2, 0.25) is 0 Å². The van der Waals surface area contributed by atoms with Crippen molar-refractivity contribution in [2.45, 2.75) is 0 Å². The highest BCUT2D eigenvalue weighted by Crippen LogP contribution is 2.33. The molecule has 0 bridgehead atoms. The van der Waals surface area contributed by atoms with Crippen molar-refractivity contribution in [3.63, 3.8) is 0 Å². The summed E-state index contributed by atoms with van der Waals surface area (Å²) in [5, 5.41) is 0. The van der Waals surface area contributed by atoms with Gasteiger partial charge in [-0.05, 0) is 18.2 Å². The number of anilines is 1. The van der Waals surface area contributed by atoms with E-state index in [1.807, 2.05) is 18.2 Å². The Kier molecular flexibility index (Phi) is 2.29. The number of nitrogens with two attached hydrogens (primary N) is 1. The fourth-order valence-electron chi connectivity index (χ4n) is 1.73. The zero-order chi connectivity index (χ0) is 11.7. The Balaban J connectivity index is 2.04. The van der Waals surface area contributed by atoms with Gasteiger partial charge in [0.15, 0.2) is 11.5 Å². The molecule has 0 radical (unpaired) electrons. The van der Waals surface area contributed by atoms with Gasteiger partial charge in [0.1, 0.15) is 25.4 Å². The quantitative estimate of drug-likeness (QED) is 0.802. The number of hydrogen-bond acceptors (Lipinski definition) is 5. The molecule has 0 atom stereocenters. The second-order valence-electron chi connectivity index (χ2n) is 3.69. The Labute approximate surface area is 98.2 Å². The number of hydrogen-bond donors (Lipinski definition) is 1. The Hall–Kier alpha value is -2.30. The lowest BCUT2D eigenvalue weighted by molar-refractivity contribution is 0.171. The molecule has 0 amide bonds. The summed E-state index contributed by atoms with van der Waals surface area (Å²) in [6.07, 6.45) is 1.45. The number of rotatable bonds is 1. The van der Waals surface area contributed by atoms with E-state index in [4.69, 9.17) is 15.2 Å². The number of ether oxygens (including phenoxy) is 2. The van der Waals surface area contributed by atoms with Gasteiger partial charge >= 0.3 is 0 Å². The minimum atomic E-state index is 0.449. The summed E-state index contributed by atoms with van der Waals surface area (Å²) in [5.41, 5.74) is 7.33. The summed E-state index contributed by atoms with van der Waals surface area (Å²) in [6, 6.07) is 7.43. The van der Waals surface area contributed by atoms with Crippen molar-refractivity contribution in [3.8, 4) is 22.8 Å². The fourth-order valence-corrected chi connectivity index (χ4v) is 1.73. The van der Waals surface area contributed by atoms with Crippen molar-refractivity contribution in [1.82, 2.24) is 9.97 Å². The van der Waals surface area contributed by atoms with Gasteiger partial charge in [-0.15, -0.1) is 0 Å². The molecule has 2 N–H and O–H groups in total. The van der Waals surface area contributed by atoms with E-state index < -0.39 is 0 Å². The molecular weight excluding hydrogens is 218 g/mol. The number of benzene rings is 1. The van der Waals surface area contributed by atoms with Crippen molar-refractivity contribution in [2.24, 2.45) is 0 Å². The first-order valence-electron chi connectivity index (χ1n) is 5.30. The van der Waals surface area contributed by atoms with E-state index in [1.165, 1.54) is 6.33 Å². The Morgan fingerprint density at radius 3 is 2.65 bits per heavy atom. The van der Waals surface area contributed by atoms with Crippen LogP contribution >= 0.6 is 0 Å². The van der Waals surface area contributed by atoms with Crippen molar-refractivity contribution in [3.05, 3.63) is 30.6 Å². The zero-order valence-corrected chi connectivity index (χ0v) is 9.09. The highest BCUT2D eigenvalue weighted by molar-refractivity contribution is 5.65.